The number of nitrogens with one attached hydrogen (secondary N) is 2. The highest BCUT2D eigenvalue weighted by atomic mass is 19.4. The quantitative estimate of drug-likeness (QED) is 0.162. The fraction of sp³-hybridized carbons (Fsp3) is 0.475. The molecule has 1 aromatic heterocycles. The SMILES string of the molecule is CCc1cc(CC(CC(=O)N2CCC(N3CCc4ccccc4NC3=O)CC2)c2nc3ccccc3n2CC2CCNCC2)cc(C(F)(F)F)c1N. The number of aryl methyl sites for hydroxylation is 1. The van der Waals surface area contributed by atoms with Crippen molar-refractivity contribution in [3.63, 3.8) is 0 Å². The monoisotopic (exact) mass is 715 g/mol. The van der Waals surface area contributed by atoms with E-state index in [4.69, 9.17) is 10.7 Å². The van der Waals surface area contributed by atoms with Crippen molar-refractivity contribution >= 4 is 34.3 Å². The van der Waals surface area contributed by atoms with Gasteiger partial charge in [0.05, 0.1) is 16.6 Å². The predicted molar refractivity (Wildman–Crippen MR) is 197 cm³/mol. The lowest BCUT2D eigenvalue weighted by Crippen LogP contribution is -2.50. The first kappa shape index (κ1) is 35.8. The molecule has 9 nitrogen and oxygen atoms in total. The lowest BCUT2D eigenvalue weighted by molar-refractivity contribution is -0.137. The first-order valence-electron chi connectivity index (χ1n) is 18.7. The Balaban J connectivity index is 1.15. The molecule has 2 saturated heterocycles. The highest BCUT2D eigenvalue weighted by Gasteiger charge is 2.36. The van der Waals surface area contributed by atoms with Crippen molar-refractivity contribution in [3.8, 4) is 0 Å². The average Bonchev–Trinajstić information content (AvgIpc) is 3.41. The van der Waals surface area contributed by atoms with Crippen molar-refractivity contribution in [2.24, 2.45) is 5.92 Å². The predicted octanol–water partition coefficient (Wildman–Crippen LogP) is 7.00. The number of halogens is 3. The zero-order valence-electron chi connectivity index (χ0n) is 29.7. The Kier molecular flexibility index (Phi) is 10.5. The molecule has 276 valence electrons. The number of anilines is 2. The number of hydrogen-bond acceptors (Lipinski definition) is 5. The highest BCUT2D eigenvalue weighted by Crippen LogP contribution is 2.38. The summed E-state index contributed by atoms with van der Waals surface area (Å²) in [5.74, 6) is 0.617. The molecule has 3 aliphatic rings. The third kappa shape index (κ3) is 7.62. The Morgan fingerprint density at radius 3 is 2.48 bits per heavy atom. The number of carbonyl (C=O) groups excluding carboxylic acids is 2. The summed E-state index contributed by atoms with van der Waals surface area (Å²) in [6.07, 6.45) is 0.162. The van der Waals surface area contributed by atoms with Crippen LogP contribution < -0.4 is 16.4 Å². The van der Waals surface area contributed by atoms with Crippen LogP contribution in [0.5, 0.6) is 0 Å². The van der Waals surface area contributed by atoms with Crippen LogP contribution in [-0.2, 0) is 36.8 Å². The third-order valence-electron chi connectivity index (χ3n) is 11.3. The number of imidazole rings is 1. The summed E-state index contributed by atoms with van der Waals surface area (Å²) in [7, 11) is 0. The van der Waals surface area contributed by atoms with E-state index in [0.717, 1.165) is 73.1 Å². The van der Waals surface area contributed by atoms with Gasteiger partial charge in [0.2, 0.25) is 5.91 Å². The van der Waals surface area contributed by atoms with E-state index in [1.54, 1.807) is 13.0 Å². The smallest absolute Gasteiger partial charge is 0.398 e. The van der Waals surface area contributed by atoms with E-state index < -0.39 is 17.7 Å². The molecule has 0 bridgehead atoms. The van der Waals surface area contributed by atoms with Gasteiger partial charge in [0.25, 0.3) is 0 Å². The minimum Gasteiger partial charge on any atom is -0.398 e. The molecular weight excluding hydrogens is 667 g/mol. The topological polar surface area (TPSA) is 109 Å². The van der Waals surface area contributed by atoms with Crippen LogP contribution in [0.2, 0.25) is 0 Å². The molecule has 0 spiro atoms. The van der Waals surface area contributed by atoms with Crippen LogP contribution in [0.25, 0.3) is 11.0 Å². The number of fused-ring (bicyclic) bond motifs is 2. The molecule has 12 heteroatoms. The van der Waals surface area contributed by atoms with Crippen molar-refractivity contribution in [2.45, 2.75) is 83.0 Å². The van der Waals surface area contributed by atoms with Gasteiger partial charge in [-0.15, -0.1) is 0 Å². The summed E-state index contributed by atoms with van der Waals surface area (Å²) in [5, 5.41) is 6.48. The molecule has 3 aromatic carbocycles. The average molecular weight is 716 g/mol. The molecule has 0 radical (unpaired) electrons. The van der Waals surface area contributed by atoms with Gasteiger partial charge in [0.1, 0.15) is 5.82 Å². The Morgan fingerprint density at radius 2 is 1.73 bits per heavy atom. The summed E-state index contributed by atoms with van der Waals surface area (Å²) >= 11 is 0. The number of nitrogens with zero attached hydrogens (tertiary/aromatic N) is 4. The summed E-state index contributed by atoms with van der Waals surface area (Å²) in [4.78, 5) is 36.3. The Hall–Kier alpha value is -4.58. The van der Waals surface area contributed by atoms with Crippen molar-refractivity contribution < 1.29 is 22.8 Å². The number of urea groups is 1. The first-order valence-corrected chi connectivity index (χ1v) is 18.7. The van der Waals surface area contributed by atoms with Crippen molar-refractivity contribution in [1.82, 2.24) is 24.7 Å². The number of rotatable bonds is 9. The third-order valence-corrected chi connectivity index (χ3v) is 11.3. The van der Waals surface area contributed by atoms with Crippen molar-refractivity contribution in [2.75, 3.05) is 43.8 Å². The van der Waals surface area contributed by atoms with Crippen molar-refractivity contribution in [3.05, 3.63) is 88.7 Å². The molecule has 1 atom stereocenters. The van der Waals surface area contributed by atoms with Gasteiger partial charge in [-0.1, -0.05) is 43.3 Å². The number of hydrogen-bond donors (Lipinski definition) is 3. The molecule has 7 rings (SSSR count). The lowest BCUT2D eigenvalue weighted by Gasteiger charge is -2.38. The maximum absolute atomic E-state index is 14.2. The fourth-order valence-corrected chi connectivity index (χ4v) is 8.39. The van der Waals surface area contributed by atoms with Gasteiger partial charge in [-0.3, -0.25) is 4.79 Å². The van der Waals surface area contributed by atoms with E-state index in [-0.39, 0.29) is 36.5 Å². The molecule has 4 heterocycles. The maximum Gasteiger partial charge on any atom is 0.418 e. The highest BCUT2D eigenvalue weighted by molar-refractivity contribution is 5.91. The minimum absolute atomic E-state index is 0.00590. The number of likely N-dealkylation sites (tertiary alicyclic amines) is 1. The van der Waals surface area contributed by atoms with Gasteiger partial charge in [-0.05, 0) is 105 Å². The number of nitrogens with two attached hydrogens (primary N) is 1. The Labute approximate surface area is 302 Å². The molecule has 1 unspecified atom stereocenters. The molecular formula is C40H48F3N7O2. The zero-order valence-corrected chi connectivity index (χ0v) is 29.7. The number of aromatic nitrogens is 2. The van der Waals surface area contributed by atoms with E-state index in [0.29, 0.717) is 55.9 Å². The Bertz CT molecular complexity index is 1910. The van der Waals surface area contributed by atoms with Crippen molar-refractivity contribution in [1.29, 1.82) is 0 Å². The van der Waals surface area contributed by atoms with Gasteiger partial charge in [0.15, 0.2) is 0 Å². The number of para-hydroxylation sites is 3. The van der Waals surface area contributed by atoms with Crippen LogP contribution in [0, 0.1) is 5.92 Å². The molecule has 52 heavy (non-hydrogen) atoms. The van der Waals surface area contributed by atoms with Gasteiger partial charge in [-0.25, -0.2) is 9.78 Å². The van der Waals surface area contributed by atoms with E-state index >= 15 is 0 Å². The molecule has 0 aliphatic carbocycles. The van der Waals surface area contributed by atoms with Crippen LogP contribution in [0.15, 0.2) is 60.7 Å². The summed E-state index contributed by atoms with van der Waals surface area (Å²) in [6.45, 7) is 6.00. The summed E-state index contributed by atoms with van der Waals surface area (Å²) in [6, 6.07) is 18.6. The number of benzene rings is 3. The van der Waals surface area contributed by atoms with E-state index in [2.05, 4.69) is 15.2 Å². The van der Waals surface area contributed by atoms with Crippen LogP contribution in [0.3, 0.4) is 0 Å². The molecule has 3 aliphatic heterocycles. The largest absolute Gasteiger partial charge is 0.418 e. The second-order valence-corrected chi connectivity index (χ2v) is 14.6. The number of alkyl halides is 3. The summed E-state index contributed by atoms with van der Waals surface area (Å²) in [5.41, 5.74) is 9.61. The van der Waals surface area contributed by atoms with Crippen LogP contribution in [0.1, 0.15) is 73.0 Å². The number of nitrogen functional groups attached to an aromatic ring is 1. The van der Waals surface area contributed by atoms with Gasteiger partial charge in [-0.2, -0.15) is 13.2 Å². The molecule has 0 saturated carbocycles. The second-order valence-electron chi connectivity index (χ2n) is 14.6. The number of amides is 3. The van der Waals surface area contributed by atoms with Crippen LogP contribution >= 0.6 is 0 Å². The zero-order chi connectivity index (χ0) is 36.4. The van der Waals surface area contributed by atoms with E-state index in [1.165, 1.54) is 0 Å². The van der Waals surface area contributed by atoms with Gasteiger partial charge in [0, 0.05) is 55.9 Å². The van der Waals surface area contributed by atoms with Crippen LogP contribution in [-0.4, -0.2) is 70.1 Å². The van der Waals surface area contributed by atoms with Gasteiger partial charge >= 0.3 is 12.2 Å². The fourth-order valence-electron chi connectivity index (χ4n) is 8.39. The molecule has 3 amide bonds. The maximum atomic E-state index is 14.2. The standard InChI is InChI=1S/C40H48F3N7O2/c1-2-28-21-27(23-32(37(28)44)40(41,42)43)22-30(38-46-34-9-5-6-10-35(34)50(38)25-26-11-16-45-17-12-26)24-36(51)48-18-14-31(15-19-48)49-20-13-29-7-3-4-8-33(29)47-39(49)52/h3-10,21,23,26,30-31,45H,2,11-20,22,24-25,44H2,1H3,(H,47,52). The molecule has 4 aromatic rings. The summed E-state index contributed by atoms with van der Waals surface area (Å²) < 4.78 is 44.9. The molecule has 2 fully saturated rings. The van der Waals surface area contributed by atoms with Crippen LogP contribution in [0.4, 0.5) is 29.3 Å². The molecule has 4 N–H and O–H groups in total. The Morgan fingerprint density at radius 1 is 1.00 bits per heavy atom. The second kappa shape index (κ2) is 15.2. The van der Waals surface area contributed by atoms with E-state index in [1.807, 2.05) is 58.3 Å². The minimum atomic E-state index is -4.60. The number of piperidine rings is 2. The first-order chi connectivity index (χ1) is 25.1. The van der Waals surface area contributed by atoms with Gasteiger partial charge < -0.3 is 30.7 Å². The normalized spacial score (nSPS) is 18.3. The van der Waals surface area contributed by atoms with E-state index in [9.17, 15) is 22.8 Å². The number of carbonyl (C=O) groups is 2. The lowest BCUT2D eigenvalue weighted by atomic mass is 9.90.